The molecule has 0 N–H and O–H groups in total. The van der Waals surface area contributed by atoms with E-state index in [1.54, 1.807) is 0 Å². The first-order valence-electron chi connectivity index (χ1n) is 6.79. The first kappa shape index (κ1) is 30.6. The normalized spacial score (nSPS) is 16.6. The zero-order valence-corrected chi connectivity index (χ0v) is 16.3. The van der Waals surface area contributed by atoms with E-state index in [4.69, 9.17) is 0 Å². The Balaban J connectivity index is 6.84. The van der Waals surface area contributed by atoms with Crippen molar-refractivity contribution < 1.29 is 79.1 Å². The average Bonchev–Trinajstić information content (AvgIpc) is 2.52. The van der Waals surface area contributed by atoms with Gasteiger partial charge in [-0.1, -0.05) is 0 Å². The smallest absolute Gasteiger partial charge is 0.460 e. The van der Waals surface area contributed by atoms with Crippen molar-refractivity contribution in [2.75, 3.05) is 6.61 Å². The highest BCUT2D eigenvalue weighted by molar-refractivity contribution is 7.43. The van der Waals surface area contributed by atoms with E-state index in [1.165, 1.54) is 0 Å². The molecule has 0 radical (unpaired) electrons. The lowest BCUT2D eigenvalue weighted by Crippen LogP contribution is -2.76. The van der Waals surface area contributed by atoms with Gasteiger partial charge < -0.3 is 26.6 Å². The summed E-state index contributed by atoms with van der Waals surface area (Å²) in [5, 5.41) is 0. The van der Waals surface area contributed by atoms with Crippen LogP contribution in [-0.2, 0) is 4.43 Å². The second kappa shape index (κ2) is 7.81. The highest BCUT2D eigenvalue weighted by Gasteiger charge is 2.95. The van der Waals surface area contributed by atoms with Crippen molar-refractivity contribution in [1.82, 2.24) is 0 Å². The Morgan fingerprint density at radius 1 is 0.516 bits per heavy atom. The summed E-state index contributed by atoms with van der Waals surface area (Å²) in [6.07, 6.45) is -7.80. The largest absolute Gasteiger partial charge is 0.540 e. The highest BCUT2D eigenvalue weighted by Crippen LogP contribution is 2.65. The molecule has 0 spiro atoms. The Hall–Kier alpha value is -0.433. The molecule has 0 aliphatic heterocycles. The van der Waals surface area contributed by atoms with Crippen molar-refractivity contribution in [3.8, 4) is 0 Å². The minimum Gasteiger partial charge on any atom is -0.540 e. The van der Waals surface area contributed by atoms with Gasteiger partial charge in [-0.25, -0.2) is 8.78 Å². The third-order valence-electron chi connectivity index (χ3n) is 3.41. The second-order valence-electron chi connectivity index (χ2n) is 5.47. The third-order valence-corrected chi connectivity index (χ3v) is 7.19. The molecule has 0 aromatic heterocycles. The van der Waals surface area contributed by atoms with Gasteiger partial charge in [0.05, 0.1) is 0 Å². The maximum absolute atomic E-state index is 13.6. The summed E-state index contributed by atoms with van der Waals surface area (Å²) in [5.74, 6) is -50.5. The zero-order valence-electron chi connectivity index (χ0n) is 13.8. The predicted molar refractivity (Wildman–Crippen MR) is 69.8 cm³/mol. The number of hydrogen-bond acceptors (Lipinski definition) is 1. The fraction of sp³-hybridized carbons (Fsp3) is 1.00. The quantitative estimate of drug-likeness (QED) is 0.167. The van der Waals surface area contributed by atoms with Gasteiger partial charge in [0, 0.05) is 6.61 Å². The SMILES string of the molecule is CCO[Si-](Cl)(Cl)C(F)(F)C(F)(F)C(F)(F)C(F)(F)C(F)(F)C(F)(F)C(F)(F)C(F)(F)F. The van der Waals surface area contributed by atoms with Crippen LogP contribution in [0.2, 0.25) is 0 Å². The van der Waals surface area contributed by atoms with Crippen molar-refractivity contribution in [3.63, 3.8) is 0 Å². The van der Waals surface area contributed by atoms with Crippen molar-refractivity contribution in [2.24, 2.45) is 0 Å². The van der Waals surface area contributed by atoms with E-state index < -0.39 is 60.8 Å². The van der Waals surface area contributed by atoms with Crippen LogP contribution in [0.25, 0.3) is 0 Å². The molecule has 0 bridgehead atoms. The summed E-state index contributed by atoms with van der Waals surface area (Å²) in [7, 11) is 0. The van der Waals surface area contributed by atoms with Gasteiger partial charge in [-0.3, -0.25) is 0 Å². The molecule has 0 saturated carbocycles. The fourth-order valence-electron chi connectivity index (χ4n) is 1.62. The first-order valence-corrected chi connectivity index (χ1v) is 10.7. The van der Waals surface area contributed by atoms with Crippen LogP contribution < -0.4 is 0 Å². The molecule has 0 fully saturated rings. The summed E-state index contributed by atoms with van der Waals surface area (Å²) in [4.78, 5) is 0. The van der Waals surface area contributed by atoms with Crippen molar-refractivity contribution >= 4 is 29.1 Å². The van der Waals surface area contributed by atoms with Gasteiger partial charge in [-0.05, 0) is 6.92 Å². The maximum Gasteiger partial charge on any atom is 0.460 e. The Labute approximate surface area is 169 Å². The van der Waals surface area contributed by atoms with Crippen LogP contribution in [0.15, 0.2) is 0 Å². The number of alkyl halides is 17. The van der Waals surface area contributed by atoms with Crippen LogP contribution in [0, 0.1) is 0 Å². The standard InChI is InChI=1S/C10H5Cl2F17OSi/c1-2-30-31(11,12)10(28,29)8(23,24)6(19,20)4(15,16)3(13,14)5(17,18)7(21,22)9(25,26)27/h2H2,1H3/q-1. The number of halogens is 19. The molecule has 0 rings (SSSR count). The molecule has 21 heteroatoms. The molecule has 31 heavy (non-hydrogen) atoms. The van der Waals surface area contributed by atoms with Gasteiger partial charge in [0.25, 0.3) is 12.5 Å². The van der Waals surface area contributed by atoms with E-state index in [0.717, 1.165) is 0 Å². The van der Waals surface area contributed by atoms with Crippen LogP contribution in [0.5, 0.6) is 0 Å². The average molecular weight is 563 g/mol. The van der Waals surface area contributed by atoms with Crippen molar-refractivity contribution in [1.29, 1.82) is 0 Å². The van der Waals surface area contributed by atoms with Crippen LogP contribution in [0.4, 0.5) is 74.6 Å². The lowest BCUT2D eigenvalue weighted by atomic mass is 9.91. The van der Waals surface area contributed by atoms with E-state index in [1.807, 2.05) is 0 Å². The highest BCUT2D eigenvalue weighted by atomic mass is 35.7. The first-order chi connectivity index (χ1) is 13.1. The molecule has 0 aromatic carbocycles. The molecule has 0 unspecified atom stereocenters. The minimum atomic E-state index is -8.70. The minimum absolute atomic E-state index is 0.654. The Morgan fingerprint density at radius 3 is 1.03 bits per heavy atom. The Kier molecular flexibility index (Phi) is 7.71. The van der Waals surface area contributed by atoms with E-state index in [0.29, 0.717) is 6.92 Å². The molecule has 0 saturated heterocycles. The van der Waals surface area contributed by atoms with Gasteiger partial charge in [0.1, 0.15) is 0 Å². The summed E-state index contributed by atoms with van der Waals surface area (Å²) in [5.41, 5.74) is -6.91. The number of hydrogen-bond donors (Lipinski definition) is 0. The van der Waals surface area contributed by atoms with Gasteiger partial charge >= 0.3 is 41.7 Å². The molecule has 0 aliphatic rings. The zero-order chi connectivity index (χ0) is 25.9. The lowest BCUT2D eigenvalue weighted by molar-refractivity contribution is -0.458. The molecule has 0 heterocycles. The van der Waals surface area contributed by atoms with E-state index in [-0.39, 0.29) is 0 Å². The van der Waals surface area contributed by atoms with Crippen LogP contribution in [0.1, 0.15) is 6.92 Å². The second-order valence-corrected chi connectivity index (χ2v) is 11.2. The maximum atomic E-state index is 13.6. The summed E-state index contributed by atoms with van der Waals surface area (Å²) in [6.45, 7) is -7.18. The Bertz CT molecular complexity index is 658. The molecule has 189 valence electrons. The molecule has 0 aliphatic carbocycles. The molecular weight excluding hydrogens is 558 g/mol. The molecule has 0 aromatic rings. The van der Waals surface area contributed by atoms with E-state index >= 15 is 0 Å². The van der Waals surface area contributed by atoms with Gasteiger partial charge in [0.15, 0.2) is 0 Å². The summed E-state index contributed by atoms with van der Waals surface area (Å²) in [6, 6.07) is 0. The monoisotopic (exact) mass is 562 g/mol. The molecule has 0 atom stereocenters. The van der Waals surface area contributed by atoms with Crippen LogP contribution in [0.3, 0.4) is 0 Å². The molecule has 0 amide bonds. The third kappa shape index (κ3) is 3.93. The fourth-order valence-corrected chi connectivity index (χ4v) is 4.05. The van der Waals surface area contributed by atoms with Crippen molar-refractivity contribution in [2.45, 2.75) is 54.2 Å². The Morgan fingerprint density at radius 2 is 0.774 bits per heavy atom. The molecule has 1 nitrogen and oxygen atoms in total. The number of rotatable bonds is 9. The van der Waals surface area contributed by atoms with Gasteiger partial charge in [-0.15, -0.1) is 0 Å². The van der Waals surface area contributed by atoms with Crippen molar-refractivity contribution in [3.05, 3.63) is 0 Å². The lowest BCUT2D eigenvalue weighted by Gasteiger charge is -2.47. The summed E-state index contributed by atoms with van der Waals surface area (Å²) < 4.78 is 225. The summed E-state index contributed by atoms with van der Waals surface area (Å²) >= 11 is 9.15. The van der Waals surface area contributed by atoms with Gasteiger partial charge in [0.2, 0.25) is 0 Å². The van der Waals surface area contributed by atoms with E-state index in [2.05, 4.69) is 26.6 Å². The topological polar surface area (TPSA) is 9.23 Å². The van der Waals surface area contributed by atoms with Gasteiger partial charge in [-0.2, -0.15) is 65.9 Å². The van der Waals surface area contributed by atoms with E-state index in [9.17, 15) is 74.6 Å². The van der Waals surface area contributed by atoms with Crippen LogP contribution in [-0.4, -0.2) is 60.8 Å². The molecular formula is C10H5Cl2F17OSi-. The predicted octanol–water partition coefficient (Wildman–Crippen LogP) is 6.99. The van der Waals surface area contributed by atoms with Crippen LogP contribution >= 0.6 is 22.2 Å².